The first-order valence-electron chi connectivity index (χ1n) is 6.57. The minimum absolute atomic E-state index is 0.163. The molecule has 19 heavy (non-hydrogen) atoms. The van der Waals surface area contributed by atoms with E-state index in [-0.39, 0.29) is 5.82 Å². The molecule has 2 N–H and O–H groups in total. The molecule has 98 valence electrons. The molecule has 0 radical (unpaired) electrons. The summed E-state index contributed by atoms with van der Waals surface area (Å²) in [6, 6.07) is 13.4. The Labute approximate surface area is 112 Å². The number of hydrogen-bond acceptors (Lipinski definition) is 2. The first-order valence-corrected chi connectivity index (χ1v) is 6.57. The van der Waals surface area contributed by atoms with Crippen LogP contribution in [0.1, 0.15) is 16.7 Å². The second kappa shape index (κ2) is 5.02. The molecule has 0 fully saturated rings. The molecule has 0 aliphatic carbocycles. The van der Waals surface area contributed by atoms with Crippen molar-refractivity contribution in [2.75, 3.05) is 11.4 Å². The molecule has 0 saturated heterocycles. The van der Waals surface area contributed by atoms with E-state index in [0.29, 0.717) is 6.54 Å². The van der Waals surface area contributed by atoms with E-state index in [9.17, 15) is 4.39 Å². The van der Waals surface area contributed by atoms with Gasteiger partial charge in [0.2, 0.25) is 0 Å². The van der Waals surface area contributed by atoms with Gasteiger partial charge in [0.05, 0.1) is 0 Å². The molecular weight excluding hydrogens is 239 g/mol. The number of anilines is 1. The van der Waals surface area contributed by atoms with Crippen molar-refractivity contribution in [1.29, 1.82) is 0 Å². The van der Waals surface area contributed by atoms with E-state index in [0.717, 1.165) is 30.8 Å². The van der Waals surface area contributed by atoms with Crippen molar-refractivity contribution in [1.82, 2.24) is 0 Å². The summed E-state index contributed by atoms with van der Waals surface area (Å²) in [4.78, 5) is 2.23. The fourth-order valence-corrected chi connectivity index (χ4v) is 2.58. The lowest BCUT2D eigenvalue weighted by molar-refractivity contribution is 0.627. The van der Waals surface area contributed by atoms with Crippen LogP contribution in [-0.4, -0.2) is 6.54 Å². The van der Waals surface area contributed by atoms with E-state index < -0.39 is 0 Å². The van der Waals surface area contributed by atoms with Gasteiger partial charge in [-0.25, -0.2) is 4.39 Å². The fraction of sp³-hybridized carbons (Fsp3) is 0.250. The minimum atomic E-state index is -0.163. The lowest BCUT2D eigenvalue weighted by Gasteiger charge is -2.19. The monoisotopic (exact) mass is 256 g/mol. The van der Waals surface area contributed by atoms with Crippen molar-refractivity contribution >= 4 is 5.69 Å². The van der Waals surface area contributed by atoms with Crippen molar-refractivity contribution < 1.29 is 4.39 Å². The van der Waals surface area contributed by atoms with Crippen LogP contribution in [0.5, 0.6) is 0 Å². The third-order valence-corrected chi connectivity index (χ3v) is 3.67. The molecule has 0 bridgehead atoms. The summed E-state index contributed by atoms with van der Waals surface area (Å²) < 4.78 is 13.3. The molecule has 1 aliphatic rings. The second-order valence-corrected chi connectivity index (χ2v) is 4.97. The average Bonchev–Trinajstić information content (AvgIpc) is 2.82. The number of hydrogen-bond donors (Lipinski definition) is 1. The normalized spacial score (nSPS) is 13.7. The fourth-order valence-electron chi connectivity index (χ4n) is 2.58. The Morgan fingerprint density at radius 1 is 1.05 bits per heavy atom. The zero-order valence-electron chi connectivity index (χ0n) is 10.8. The highest BCUT2D eigenvalue weighted by Gasteiger charge is 2.19. The van der Waals surface area contributed by atoms with Crippen LogP contribution in [-0.2, 0) is 19.5 Å². The van der Waals surface area contributed by atoms with E-state index in [1.54, 1.807) is 12.1 Å². The summed E-state index contributed by atoms with van der Waals surface area (Å²) in [6.45, 7) is 2.34. The number of benzene rings is 2. The van der Waals surface area contributed by atoms with Crippen LogP contribution < -0.4 is 10.6 Å². The quantitative estimate of drug-likeness (QED) is 0.915. The van der Waals surface area contributed by atoms with E-state index in [4.69, 9.17) is 5.73 Å². The first-order chi connectivity index (χ1) is 9.26. The zero-order valence-corrected chi connectivity index (χ0v) is 10.8. The van der Waals surface area contributed by atoms with Gasteiger partial charge in [-0.2, -0.15) is 0 Å². The first kappa shape index (κ1) is 12.2. The third-order valence-electron chi connectivity index (χ3n) is 3.67. The maximum Gasteiger partial charge on any atom is 0.125 e. The molecule has 2 nitrogen and oxygen atoms in total. The smallest absolute Gasteiger partial charge is 0.125 e. The molecule has 2 aromatic carbocycles. The molecule has 3 rings (SSSR count). The Bertz CT molecular complexity index is 578. The van der Waals surface area contributed by atoms with Crippen molar-refractivity contribution in [2.45, 2.75) is 19.5 Å². The molecule has 3 heteroatoms. The van der Waals surface area contributed by atoms with E-state index in [1.165, 1.54) is 11.1 Å². The molecule has 1 aliphatic heterocycles. The van der Waals surface area contributed by atoms with Gasteiger partial charge in [0.1, 0.15) is 5.82 Å². The lowest BCUT2D eigenvalue weighted by Crippen LogP contribution is -2.19. The van der Waals surface area contributed by atoms with Crippen LogP contribution >= 0.6 is 0 Å². The molecule has 0 aromatic heterocycles. The Hall–Kier alpha value is -1.87. The van der Waals surface area contributed by atoms with Gasteiger partial charge in [0, 0.05) is 25.3 Å². The van der Waals surface area contributed by atoms with Crippen molar-refractivity contribution in [3.8, 4) is 0 Å². The zero-order chi connectivity index (χ0) is 13.2. The molecule has 2 aromatic rings. The maximum absolute atomic E-state index is 13.3. The average molecular weight is 256 g/mol. The van der Waals surface area contributed by atoms with Crippen molar-refractivity contribution in [3.05, 3.63) is 65.0 Å². The minimum Gasteiger partial charge on any atom is -0.367 e. The van der Waals surface area contributed by atoms with Gasteiger partial charge in [-0.3, -0.25) is 0 Å². The Balaban J connectivity index is 1.80. The van der Waals surface area contributed by atoms with Crippen molar-refractivity contribution in [3.63, 3.8) is 0 Å². The van der Waals surface area contributed by atoms with Gasteiger partial charge in [0.25, 0.3) is 0 Å². The Morgan fingerprint density at radius 3 is 2.53 bits per heavy atom. The van der Waals surface area contributed by atoms with E-state index >= 15 is 0 Å². The van der Waals surface area contributed by atoms with Gasteiger partial charge in [-0.15, -0.1) is 0 Å². The van der Waals surface area contributed by atoms with Crippen LogP contribution in [0, 0.1) is 5.82 Å². The van der Waals surface area contributed by atoms with Crippen LogP contribution in [0.25, 0.3) is 0 Å². The molecule has 0 unspecified atom stereocenters. The molecule has 0 spiro atoms. The predicted octanol–water partition coefficient (Wildman–Crippen LogP) is 2.85. The Morgan fingerprint density at radius 2 is 1.79 bits per heavy atom. The van der Waals surface area contributed by atoms with Gasteiger partial charge in [-0.1, -0.05) is 30.3 Å². The molecule has 1 heterocycles. The summed E-state index contributed by atoms with van der Waals surface area (Å²) in [5, 5.41) is 0. The predicted molar refractivity (Wildman–Crippen MR) is 75.5 cm³/mol. The summed E-state index contributed by atoms with van der Waals surface area (Å²) in [6.07, 6.45) is 0.997. The number of nitrogens with two attached hydrogens (primary N) is 1. The highest BCUT2D eigenvalue weighted by molar-refractivity contribution is 5.58. The van der Waals surface area contributed by atoms with Crippen molar-refractivity contribution in [2.24, 2.45) is 5.73 Å². The summed E-state index contributed by atoms with van der Waals surface area (Å²) in [5.74, 6) is -0.163. The molecule has 0 atom stereocenters. The molecular formula is C16H17FN2. The second-order valence-electron chi connectivity index (χ2n) is 4.97. The number of fused-ring (bicyclic) bond motifs is 1. The summed E-state index contributed by atoms with van der Waals surface area (Å²) >= 11 is 0. The van der Waals surface area contributed by atoms with Crippen LogP contribution in [0.15, 0.2) is 42.5 Å². The number of rotatable bonds is 3. The maximum atomic E-state index is 13.3. The Kier molecular flexibility index (Phi) is 3.22. The van der Waals surface area contributed by atoms with Gasteiger partial charge in [0.15, 0.2) is 0 Å². The molecule has 0 amide bonds. The largest absolute Gasteiger partial charge is 0.367 e. The SMILES string of the molecule is NCc1ccc(CN2CCc3ccc(F)cc32)cc1. The highest BCUT2D eigenvalue weighted by Crippen LogP contribution is 2.29. The van der Waals surface area contributed by atoms with Gasteiger partial charge < -0.3 is 10.6 Å². The van der Waals surface area contributed by atoms with Gasteiger partial charge >= 0.3 is 0 Å². The van der Waals surface area contributed by atoms with Crippen LogP contribution in [0.3, 0.4) is 0 Å². The van der Waals surface area contributed by atoms with Crippen LogP contribution in [0.2, 0.25) is 0 Å². The third kappa shape index (κ3) is 2.47. The molecule has 0 saturated carbocycles. The number of nitrogens with zero attached hydrogens (tertiary/aromatic N) is 1. The van der Waals surface area contributed by atoms with E-state index in [1.807, 2.05) is 6.07 Å². The summed E-state index contributed by atoms with van der Waals surface area (Å²) in [7, 11) is 0. The summed E-state index contributed by atoms with van der Waals surface area (Å²) in [5.41, 5.74) is 10.2. The highest BCUT2D eigenvalue weighted by atomic mass is 19.1. The van der Waals surface area contributed by atoms with Gasteiger partial charge in [-0.05, 0) is 35.2 Å². The standard InChI is InChI=1S/C16H17FN2/c17-15-6-5-14-7-8-19(16(14)9-15)11-13-3-1-12(10-18)2-4-13/h1-6,9H,7-8,10-11,18H2. The lowest BCUT2D eigenvalue weighted by atomic mass is 10.1. The van der Waals surface area contributed by atoms with Crippen LogP contribution in [0.4, 0.5) is 10.1 Å². The van der Waals surface area contributed by atoms with E-state index in [2.05, 4.69) is 29.2 Å². The topological polar surface area (TPSA) is 29.3 Å². The number of halogens is 1.